The molecule has 2 heterocycles. The number of benzene rings is 1. The predicted molar refractivity (Wildman–Crippen MR) is 133 cm³/mol. The highest BCUT2D eigenvalue weighted by Crippen LogP contribution is 2.39. The number of hydrogen-bond acceptors (Lipinski definition) is 5. The van der Waals surface area contributed by atoms with Crippen LogP contribution >= 0.6 is 8.73 Å². The molecule has 0 aromatic heterocycles. The first-order valence-corrected chi connectivity index (χ1v) is 13.1. The zero-order valence-electron chi connectivity index (χ0n) is 19.4. The molecule has 0 spiro atoms. The third-order valence-corrected chi connectivity index (χ3v) is 7.03. The molecule has 1 aromatic carbocycles. The normalized spacial score (nSPS) is 21.1. The van der Waals surface area contributed by atoms with Crippen molar-refractivity contribution >= 4 is 48.1 Å². The molecule has 0 radical (unpaired) electrons. The molecule has 7 nitrogen and oxygen atoms in total. The number of fused-ring (bicyclic) bond motifs is 1. The molecule has 0 bridgehead atoms. The van der Waals surface area contributed by atoms with Gasteiger partial charge in [0.05, 0.1) is 17.4 Å². The van der Waals surface area contributed by atoms with Crippen molar-refractivity contribution in [2.45, 2.75) is 54.0 Å². The molecule has 3 atom stereocenters. The fourth-order valence-corrected chi connectivity index (χ4v) is 5.36. The lowest BCUT2D eigenvalue weighted by molar-refractivity contribution is -0.128. The van der Waals surface area contributed by atoms with Crippen LogP contribution in [0.15, 0.2) is 34.3 Å². The Hall–Kier alpha value is -1.92. The van der Waals surface area contributed by atoms with Crippen LogP contribution in [0.2, 0.25) is 0 Å². The Morgan fingerprint density at radius 2 is 1.94 bits per heavy atom. The molecule has 1 amide bonds. The minimum absolute atomic E-state index is 0.0820. The first kappa shape index (κ1) is 23.7. The van der Waals surface area contributed by atoms with Gasteiger partial charge in [0.15, 0.2) is 5.84 Å². The number of hydrogen-bond donors (Lipinski definition) is 3. The van der Waals surface area contributed by atoms with Crippen molar-refractivity contribution in [1.82, 2.24) is 4.90 Å². The number of carbonyl (C=O) groups excluding carboxylic acids is 1. The summed E-state index contributed by atoms with van der Waals surface area (Å²) in [7, 11) is -1.63. The Kier molecular flexibility index (Phi) is 6.55. The SMILES string of the molecule is CS(=O)Nc1ccc2c(c1)[PH2+]N=C(C1=C(O)[C@H](C(C)(C)C)N(CCC(C)(C)C)C1=O)N2. The van der Waals surface area contributed by atoms with Crippen LogP contribution in [0, 0.1) is 10.8 Å². The molecule has 2 unspecified atom stereocenters. The highest BCUT2D eigenvalue weighted by atomic mass is 32.2. The second kappa shape index (κ2) is 8.55. The number of aliphatic hydroxyl groups is 1. The highest BCUT2D eigenvalue weighted by Gasteiger charge is 2.47. The molecular weight excluding hydrogens is 431 g/mol. The van der Waals surface area contributed by atoms with E-state index in [4.69, 9.17) is 0 Å². The van der Waals surface area contributed by atoms with Crippen LogP contribution in [0.3, 0.4) is 0 Å². The quantitative estimate of drug-likeness (QED) is 0.579. The highest BCUT2D eigenvalue weighted by molar-refractivity contribution is 7.85. The van der Waals surface area contributed by atoms with Crippen molar-refractivity contribution < 1.29 is 14.1 Å². The van der Waals surface area contributed by atoms with Gasteiger partial charge in [-0.15, -0.1) is 4.76 Å². The van der Waals surface area contributed by atoms with E-state index in [0.717, 1.165) is 23.1 Å². The molecule has 2 aliphatic heterocycles. The summed E-state index contributed by atoms with van der Waals surface area (Å²) < 4.78 is 19.0. The van der Waals surface area contributed by atoms with Crippen molar-refractivity contribution in [2.75, 3.05) is 22.8 Å². The minimum Gasteiger partial charge on any atom is -0.509 e. The van der Waals surface area contributed by atoms with E-state index in [1.165, 1.54) is 0 Å². The zero-order chi connectivity index (χ0) is 23.1. The number of anilines is 2. The molecule has 31 heavy (non-hydrogen) atoms. The predicted octanol–water partition coefficient (Wildman–Crippen LogP) is 3.67. The number of nitrogens with one attached hydrogen (secondary N) is 2. The fourth-order valence-electron chi connectivity index (χ4n) is 3.88. The van der Waals surface area contributed by atoms with E-state index >= 15 is 0 Å². The van der Waals surface area contributed by atoms with Gasteiger partial charge in [-0.05, 0) is 29.4 Å². The molecule has 3 N–H and O–H groups in total. The van der Waals surface area contributed by atoms with Crippen LogP contribution in [0.25, 0.3) is 0 Å². The van der Waals surface area contributed by atoms with Gasteiger partial charge in [0, 0.05) is 18.9 Å². The van der Waals surface area contributed by atoms with Crippen LogP contribution in [0.5, 0.6) is 0 Å². The van der Waals surface area contributed by atoms with Crippen molar-refractivity contribution in [1.29, 1.82) is 0 Å². The van der Waals surface area contributed by atoms with Gasteiger partial charge in [0.25, 0.3) is 5.91 Å². The van der Waals surface area contributed by atoms with Crippen LogP contribution in [-0.4, -0.2) is 44.8 Å². The largest absolute Gasteiger partial charge is 0.509 e. The first-order valence-electron chi connectivity index (χ1n) is 10.4. The van der Waals surface area contributed by atoms with E-state index in [1.807, 2.05) is 39.0 Å². The van der Waals surface area contributed by atoms with E-state index in [2.05, 4.69) is 35.6 Å². The minimum atomic E-state index is -1.15. The van der Waals surface area contributed by atoms with Crippen molar-refractivity contribution in [3.8, 4) is 0 Å². The molecule has 2 aliphatic rings. The average Bonchev–Trinajstić information content (AvgIpc) is 2.88. The lowest BCUT2D eigenvalue weighted by Crippen LogP contribution is -2.45. The van der Waals surface area contributed by atoms with E-state index in [9.17, 15) is 14.1 Å². The summed E-state index contributed by atoms with van der Waals surface area (Å²) in [6.45, 7) is 13.2. The summed E-state index contributed by atoms with van der Waals surface area (Å²) in [4.78, 5) is 15.2. The van der Waals surface area contributed by atoms with Crippen molar-refractivity contribution in [2.24, 2.45) is 15.6 Å². The molecule has 0 fully saturated rings. The van der Waals surface area contributed by atoms with Gasteiger partial charge in [-0.1, -0.05) is 41.5 Å². The summed E-state index contributed by atoms with van der Waals surface area (Å²) in [6.07, 6.45) is 2.42. The third kappa shape index (κ3) is 5.29. The monoisotopic (exact) mass is 465 g/mol. The van der Waals surface area contributed by atoms with Crippen LogP contribution in [-0.2, 0) is 15.8 Å². The smallest absolute Gasteiger partial charge is 0.261 e. The molecule has 1 aromatic rings. The summed E-state index contributed by atoms with van der Waals surface area (Å²) >= 11 is 0. The Labute approximate surface area is 189 Å². The molecule has 3 rings (SSSR count). The molecular formula is C22H34N4O3PS+. The van der Waals surface area contributed by atoms with E-state index < -0.39 is 19.7 Å². The number of aliphatic hydroxyl groups excluding tert-OH is 1. The Morgan fingerprint density at radius 1 is 1.26 bits per heavy atom. The topological polar surface area (TPSA) is 94.0 Å². The number of amides is 1. The number of rotatable bonds is 5. The second-order valence-corrected chi connectivity index (χ2v) is 12.7. The standard InChI is InChI=1S/C22H33N4O3PS/c1-21(2,3)10-11-26-18(22(4,5)6)17(27)16(20(26)28)19-23-14-9-8-13(25-31(7)29)12-15(14)30-24-19/h8-9,12,18,25,27,30H,10-11H2,1-7H3,(H,23,24)/p+1/t18-,31?/m1/s1. The fraction of sp³-hybridized carbons (Fsp3) is 0.545. The van der Waals surface area contributed by atoms with Gasteiger partial charge in [0.1, 0.15) is 36.4 Å². The van der Waals surface area contributed by atoms with E-state index in [-0.39, 0.29) is 34.1 Å². The molecule has 0 saturated carbocycles. The van der Waals surface area contributed by atoms with Crippen LogP contribution in [0.4, 0.5) is 11.4 Å². The lowest BCUT2D eigenvalue weighted by Gasteiger charge is -2.36. The summed E-state index contributed by atoms with van der Waals surface area (Å²) in [5.41, 5.74) is 1.69. The number of nitrogens with zero attached hydrogens (tertiary/aromatic N) is 2. The molecule has 9 heteroatoms. The maximum atomic E-state index is 13.4. The first-order chi connectivity index (χ1) is 14.3. The third-order valence-electron chi connectivity index (χ3n) is 5.36. The molecule has 0 saturated heterocycles. The Balaban J connectivity index is 1.90. The zero-order valence-corrected chi connectivity index (χ0v) is 21.3. The molecule has 170 valence electrons. The summed E-state index contributed by atoms with van der Waals surface area (Å²) in [5.74, 6) is 0.368. The van der Waals surface area contributed by atoms with E-state index in [1.54, 1.807) is 11.2 Å². The second-order valence-electron chi connectivity index (χ2n) is 10.4. The van der Waals surface area contributed by atoms with Gasteiger partial charge in [-0.3, -0.25) is 4.79 Å². The average molecular weight is 466 g/mol. The van der Waals surface area contributed by atoms with Gasteiger partial charge < -0.3 is 20.0 Å². The summed E-state index contributed by atoms with van der Waals surface area (Å²) in [6, 6.07) is 5.28. The van der Waals surface area contributed by atoms with Gasteiger partial charge in [-0.2, -0.15) is 0 Å². The van der Waals surface area contributed by atoms with E-state index in [0.29, 0.717) is 12.4 Å². The Morgan fingerprint density at radius 3 is 2.52 bits per heavy atom. The van der Waals surface area contributed by atoms with Crippen LogP contribution < -0.4 is 15.3 Å². The van der Waals surface area contributed by atoms with Gasteiger partial charge in [-0.25, -0.2) is 4.21 Å². The maximum absolute atomic E-state index is 13.4. The van der Waals surface area contributed by atoms with Gasteiger partial charge >= 0.3 is 0 Å². The van der Waals surface area contributed by atoms with Gasteiger partial charge in [0.2, 0.25) is 0 Å². The molecule has 0 aliphatic carbocycles. The lowest BCUT2D eigenvalue weighted by atomic mass is 9.84. The van der Waals surface area contributed by atoms with Crippen LogP contribution in [0.1, 0.15) is 48.0 Å². The van der Waals surface area contributed by atoms with Crippen molar-refractivity contribution in [3.63, 3.8) is 0 Å². The Bertz CT molecular complexity index is 976. The number of amidine groups is 1. The maximum Gasteiger partial charge on any atom is 0.261 e. The summed E-state index contributed by atoms with van der Waals surface area (Å²) in [5, 5.41) is 15.4. The van der Waals surface area contributed by atoms with Crippen molar-refractivity contribution in [3.05, 3.63) is 29.5 Å². The number of carbonyl (C=O) groups is 1.